The van der Waals surface area contributed by atoms with Crippen LogP contribution in [0.5, 0.6) is 0 Å². The summed E-state index contributed by atoms with van der Waals surface area (Å²) in [5.74, 6) is -5.36. The smallest absolute Gasteiger partial charge is 0.336 e. The molecule has 1 fully saturated rings. The van der Waals surface area contributed by atoms with Gasteiger partial charge in [0.2, 0.25) is 12.0 Å². The molecule has 46 heavy (non-hydrogen) atoms. The molecule has 0 spiro atoms. The minimum absolute atomic E-state index is 0.0652. The van der Waals surface area contributed by atoms with Gasteiger partial charge in [-0.2, -0.15) is 0 Å². The second-order valence-corrected chi connectivity index (χ2v) is 11.9. The lowest BCUT2D eigenvalue weighted by Crippen LogP contribution is -2.51. The van der Waals surface area contributed by atoms with Crippen molar-refractivity contribution in [3.8, 4) is 0 Å². The maximum atomic E-state index is 15.8. The van der Waals surface area contributed by atoms with Gasteiger partial charge in [-0.3, -0.25) is 9.59 Å². The molecule has 3 heterocycles. The zero-order chi connectivity index (χ0) is 32.7. The molecule has 3 atom stereocenters. The lowest BCUT2D eigenvalue weighted by molar-refractivity contribution is -0.149. The van der Waals surface area contributed by atoms with E-state index in [0.29, 0.717) is 29.9 Å². The Morgan fingerprint density at radius 2 is 1.76 bits per heavy atom. The summed E-state index contributed by atoms with van der Waals surface area (Å²) >= 11 is 5.94. The largest absolute Gasteiger partial charge is 0.478 e. The van der Waals surface area contributed by atoms with E-state index in [1.807, 2.05) is 6.07 Å². The first kappa shape index (κ1) is 31.4. The van der Waals surface area contributed by atoms with Crippen molar-refractivity contribution in [1.29, 1.82) is 0 Å². The molecule has 1 saturated heterocycles. The number of aromatic carboxylic acids is 1. The lowest BCUT2D eigenvalue weighted by Gasteiger charge is -2.43. The number of nitrogens with two attached hydrogens (primary N) is 1. The number of carboxylic acids is 1. The predicted molar refractivity (Wildman–Crippen MR) is 165 cm³/mol. The number of oxime groups is 1. The van der Waals surface area contributed by atoms with Crippen molar-refractivity contribution in [3.05, 3.63) is 99.1 Å². The highest BCUT2D eigenvalue weighted by atomic mass is 35.5. The van der Waals surface area contributed by atoms with Gasteiger partial charge in [0.25, 0.3) is 5.91 Å². The van der Waals surface area contributed by atoms with Crippen molar-refractivity contribution in [2.45, 2.75) is 43.4 Å². The fraction of sp³-hybridized carbons (Fsp3) is 0.333. The molecule has 3 aliphatic rings. The molecule has 3 aromatic rings. The first-order chi connectivity index (χ1) is 22.1. The highest BCUT2D eigenvalue weighted by Gasteiger charge is 2.46. The first-order valence-corrected chi connectivity index (χ1v) is 15.2. The van der Waals surface area contributed by atoms with Crippen LogP contribution in [-0.4, -0.2) is 72.5 Å². The van der Waals surface area contributed by atoms with Crippen LogP contribution >= 0.6 is 11.6 Å². The Labute approximate surface area is 268 Å². The number of amides is 2. The van der Waals surface area contributed by atoms with Gasteiger partial charge in [-0.15, -0.1) is 0 Å². The summed E-state index contributed by atoms with van der Waals surface area (Å²) in [5.41, 5.74) is 7.33. The van der Waals surface area contributed by atoms with Gasteiger partial charge in [-0.05, 0) is 54.3 Å². The van der Waals surface area contributed by atoms with Crippen LogP contribution in [0.1, 0.15) is 63.8 Å². The number of nitrogens with zero attached hydrogens (tertiary/aromatic N) is 3. The van der Waals surface area contributed by atoms with Crippen LogP contribution in [0, 0.1) is 11.6 Å². The molecule has 1 unspecified atom stereocenters. The van der Waals surface area contributed by atoms with Crippen LogP contribution < -0.4 is 10.6 Å². The number of benzene rings is 3. The van der Waals surface area contributed by atoms with Gasteiger partial charge in [0, 0.05) is 55.9 Å². The number of hydrogen-bond acceptors (Lipinski definition) is 7. The Morgan fingerprint density at radius 3 is 2.46 bits per heavy atom. The van der Waals surface area contributed by atoms with Crippen LogP contribution in [0.2, 0.25) is 5.02 Å². The predicted octanol–water partition coefficient (Wildman–Crippen LogP) is 4.63. The van der Waals surface area contributed by atoms with Crippen LogP contribution in [0.25, 0.3) is 0 Å². The summed E-state index contributed by atoms with van der Waals surface area (Å²) in [4.78, 5) is 48.4. The summed E-state index contributed by atoms with van der Waals surface area (Å²) in [6, 6.07) is 12.1. The SMILES string of the molecule is COC1CCN(c2cccc3c2C(c2c(F)cccc2C(=O)O)CN(C(=O)[C@H]2CC(c4cccc(Cl)c4F)=NO2)[C@@H]3C(N)=O)CC1. The van der Waals surface area contributed by atoms with Crippen LogP contribution in [0.4, 0.5) is 14.5 Å². The Bertz CT molecular complexity index is 1740. The molecule has 0 radical (unpaired) electrons. The maximum Gasteiger partial charge on any atom is 0.336 e. The van der Waals surface area contributed by atoms with Crippen molar-refractivity contribution < 1.29 is 37.8 Å². The third-order valence-corrected chi connectivity index (χ3v) is 9.25. The molecule has 3 aliphatic heterocycles. The second kappa shape index (κ2) is 12.7. The van der Waals surface area contributed by atoms with Crippen LogP contribution in [0.3, 0.4) is 0 Å². The number of piperidine rings is 1. The van der Waals surface area contributed by atoms with E-state index in [1.54, 1.807) is 19.2 Å². The van der Waals surface area contributed by atoms with E-state index in [4.69, 9.17) is 26.9 Å². The number of rotatable bonds is 7. The number of fused-ring (bicyclic) bond motifs is 1. The average molecular weight is 653 g/mol. The minimum atomic E-state index is -1.34. The molecule has 3 N–H and O–H groups in total. The number of carboxylic acid groups (broad SMARTS) is 1. The molecule has 0 bridgehead atoms. The van der Waals surface area contributed by atoms with E-state index < -0.39 is 47.5 Å². The summed E-state index contributed by atoms with van der Waals surface area (Å²) in [5, 5.41) is 13.9. The number of carbonyl (C=O) groups excluding carboxylic acids is 2. The molecule has 3 aromatic carbocycles. The van der Waals surface area contributed by atoms with E-state index in [9.17, 15) is 23.9 Å². The molecular formula is C33H31ClF2N4O6. The minimum Gasteiger partial charge on any atom is -0.478 e. The van der Waals surface area contributed by atoms with Gasteiger partial charge in [0.1, 0.15) is 11.9 Å². The Morgan fingerprint density at radius 1 is 1.04 bits per heavy atom. The van der Waals surface area contributed by atoms with Crippen molar-refractivity contribution in [2.75, 3.05) is 31.6 Å². The third kappa shape index (κ3) is 5.56. The Balaban J connectivity index is 1.44. The lowest BCUT2D eigenvalue weighted by atomic mass is 9.77. The summed E-state index contributed by atoms with van der Waals surface area (Å²) < 4.78 is 36.1. The van der Waals surface area contributed by atoms with E-state index in [-0.39, 0.29) is 46.5 Å². The normalized spacial score (nSPS) is 21.4. The van der Waals surface area contributed by atoms with E-state index in [0.717, 1.165) is 12.8 Å². The number of hydrogen-bond donors (Lipinski definition) is 2. The van der Waals surface area contributed by atoms with Crippen LogP contribution in [-0.2, 0) is 19.2 Å². The number of ether oxygens (including phenoxy) is 1. The zero-order valence-electron chi connectivity index (χ0n) is 24.8. The molecule has 6 rings (SSSR count). The van der Waals surface area contributed by atoms with Crippen LogP contribution in [0.15, 0.2) is 59.8 Å². The van der Waals surface area contributed by atoms with Crippen molar-refractivity contribution in [2.24, 2.45) is 10.9 Å². The topological polar surface area (TPSA) is 135 Å². The quantitative estimate of drug-likeness (QED) is 0.380. The number of anilines is 1. The monoisotopic (exact) mass is 652 g/mol. The van der Waals surface area contributed by atoms with E-state index >= 15 is 4.39 Å². The van der Waals surface area contributed by atoms with Gasteiger partial charge in [0.15, 0.2) is 5.82 Å². The Kier molecular flexibility index (Phi) is 8.67. The van der Waals surface area contributed by atoms with Gasteiger partial charge in [0.05, 0.1) is 22.4 Å². The molecule has 10 nitrogen and oxygen atoms in total. The number of halogens is 3. The van der Waals surface area contributed by atoms with E-state index in [2.05, 4.69) is 10.1 Å². The summed E-state index contributed by atoms with van der Waals surface area (Å²) in [6.07, 6.45) is 0.131. The molecule has 0 saturated carbocycles. The zero-order valence-corrected chi connectivity index (χ0v) is 25.5. The van der Waals surface area contributed by atoms with Gasteiger partial charge in [-0.25, -0.2) is 13.6 Å². The number of primary amides is 1. The maximum absolute atomic E-state index is 15.8. The van der Waals surface area contributed by atoms with Crippen molar-refractivity contribution in [3.63, 3.8) is 0 Å². The van der Waals surface area contributed by atoms with Crippen molar-refractivity contribution in [1.82, 2.24) is 4.90 Å². The average Bonchev–Trinajstić information content (AvgIpc) is 3.54. The summed E-state index contributed by atoms with van der Waals surface area (Å²) in [6.45, 7) is 0.919. The first-order valence-electron chi connectivity index (χ1n) is 14.8. The second-order valence-electron chi connectivity index (χ2n) is 11.5. The molecule has 240 valence electrons. The molecular weight excluding hydrogens is 622 g/mol. The molecule has 0 aliphatic carbocycles. The Hall–Kier alpha value is -4.55. The summed E-state index contributed by atoms with van der Waals surface area (Å²) in [7, 11) is 1.66. The van der Waals surface area contributed by atoms with Gasteiger partial charge >= 0.3 is 5.97 Å². The molecule has 13 heteroatoms. The fourth-order valence-electron chi connectivity index (χ4n) is 6.78. The fourth-order valence-corrected chi connectivity index (χ4v) is 6.95. The van der Waals surface area contributed by atoms with E-state index in [1.165, 1.54) is 41.3 Å². The molecule has 2 amide bonds. The van der Waals surface area contributed by atoms with Gasteiger partial charge in [-0.1, -0.05) is 41.0 Å². The van der Waals surface area contributed by atoms with Gasteiger partial charge < -0.3 is 30.2 Å². The number of methoxy groups -OCH3 is 1. The highest BCUT2D eigenvalue weighted by molar-refractivity contribution is 6.31. The molecule has 0 aromatic heterocycles. The standard InChI is InChI=1S/C33H31ClF2N4O6/c1-45-17-11-13-39(14-12-17)25-10-4-6-19-28(25)21(27-20(33(43)44)7-3-9-23(27)35)16-40(30(19)31(37)41)32(42)26-15-24(38-46-26)18-5-2-8-22(34)29(18)36/h2-10,17,21,26,30H,11-16H2,1H3,(H2,37,41)(H,43,44)/t21?,26-,30+/m1/s1. The van der Waals surface area contributed by atoms with Crippen molar-refractivity contribution >= 4 is 40.8 Å². The highest BCUT2D eigenvalue weighted by Crippen LogP contribution is 2.46. The third-order valence-electron chi connectivity index (χ3n) is 8.96. The number of carbonyl (C=O) groups is 3.